The SMILES string of the molecule is CCCc1nc2ccccc2n1Cc1ccc2c(c1)OCc1ncccc1C2=C(C)c1noc(=O)[nH]1. The Balaban J connectivity index is 1.47. The van der Waals surface area contributed by atoms with Crippen molar-refractivity contribution in [2.75, 3.05) is 0 Å². The first-order valence-electron chi connectivity index (χ1n) is 12.0. The van der Waals surface area contributed by atoms with Crippen LogP contribution in [0.15, 0.2) is 70.1 Å². The summed E-state index contributed by atoms with van der Waals surface area (Å²) in [5, 5.41) is 3.92. The molecule has 1 aliphatic rings. The molecular formula is C28H25N5O3. The van der Waals surface area contributed by atoms with Gasteiger partial charge in [-0.25, -0.2) is 9.78 Å². The number of imidazole rings is 1. The molecule has 0 spiro atoms. The Bertz CT molecular complexity index is 1670. The molecule has 0 aliphatic carbocycles. The Morgan fingerprint density at radius 1 is 1.11 bits per heavy atom. The highest BCUT2D eigenvalue weighted by Crippen LogP contribution is 2.40. The fourth-order valence-electron chi connectivity index (χ4n) is 4.88. The number of nitrogens with zero attached hydrogens (tertiary/aromatic N) is 4. The average molecular weight is 480 g/mol. The van der Waals surface area contributed by atoms with Gasteiger partial charge in [0, 0.05) is 41.4 Å². The smallest absolute Gasteiger partial charge is 0.439 e. The van der Waals surface area contributed by atoms with Crippen molar-refractivity contribution < 1.29 is 9.26 Å². The van der Waals surface area contributed by atoms with Gasteiger partial charge in [0.05, 0.1) is 16.7 Å². The quantitative estimate of drug-likeness (QED) is 0.382. The Morgan fingerprint density at radius 2 is 2.00 bits per heavy atom. The number of allylic oxidation sites excluding steroid dienone is 1. The maximum Gasteiger partial charge on any atom is 0.439 e. The Kier molecular flexibility index (Phi) is 5.48. The number of hydrogen-bond acceptors (Lipinski definition) is 6. The van der Waals surface area contributed by atoms with Gasteiger partial charge in [-0.15, -0.1) is 0 Å². The highest BCUT2D eigenvalue weighted by atomic mass is 16.5. The molecule has 2 aromatic carbocycles. The van der Waals surface area contributed by atoms with Gasteiger partial charge in [0.2, 0.25) is 0 Å². The highest BCUT2D eigenvalue weighted by Gasteiger charge is 2.24. The number of para-hydroxylation sites is 2. The molecule has 36 heavy (non-hydrogen) atoms. The van der Waals surface area contributed by atoms with Crippen molar-refractivity contribution in [1.82, 2.24) is 24.7 Å². The first kappa shape index (κ1) is 22.0. The lowest BCUT2D eigenvalue weighted by Gasteiger charge is -2.15. The van der Waals surface area contributed by atoms with Crippen LogP contribution in [0.3, 0.4) is 0 Å². The summed E-state index contributed by atoms with van der Waals surface area (Å²) in [6.45, 7) is 5.11. The van der Waals surface area contributed by atoms with E-state index in [0.717, 1.165) is 69.0 Å². The van der Waals surface area contributed by atoms with Crippen LogP contribution in [-0.4, -0.2) is 24.7 Å². The number of H-pyrrole nitrogens is 1. The van der Waals surface area contributed by atoms with Gasteiger partial charge in [-0.1, -0.05) is 42.4 Å². The Morgan fingerprint density at radius 3 is 2.83 bits per heavy atom. The molecule has 180 valence electrons. The van der Waals surface area contributed by atoms with Crippen LogP contribution in [0.2, 0.25) is 0 Å². The minimum absolute atomic E-state index is 0.341. The number of aromatic nitrogens is 5. The minimum atomic E-state index is -0.591. The number of rotatable bonds is 5. The predicted molar refractivity (Wildman–Crippen MR) is 137 cm³/mol. The Labute approximate surface area is 207 Å². The standard InChI is InChI=1S/C28H25N5O3/c1-3-7-25-30-21-9-4-5-10-23(21)33(25)15-18-11-12-20-24(14-18)35-16-22-19(8-6-13-29-22)26(20)17(2)27-31-28(34)36-32-27/h4-6,8-14H,3,7,15-16H2,1-2H3,(H,31,32,34). The molecule has 0 fully saturated rings. The lowest BCUT2D eigenvalue weighted by Crippen LogP contribution is -2.06. The molecule has 0 atom stereocenters. The van der Waals surface area contributed by atoms with Crippen molar-refractivity contribution >= 4 is 22.2 Å². The van der Waals surface area contributed by atoms with E-state index in [-0.39, 0.29) is 0 Å². The van der Waals surface area contributed by atoms with E-state index in [0.29, 0.717) is 19.0 Å². The van der Waals surface area contributed by atoms with Gasteiger partial charge in [-0.3, -0.25) is 14.5 Å². The van der Waals surface area contributed by atoms with Gasteiger partial charge in [0.15, 0.2) is 5.82 Å². The zero-order valence-electron chi connectivity index (χ0n) is 20.1. The lowest BCUT2D eigenvalue weighted by atomic mass is 9.91. The lowest BCUT2D eigenvalue weighted by molar-refractivity contribution is 0.302. The summed E-state index contributed by atoms with van der Waals surface area (Å²) in [6, 6.07) is 18.4. The molecule has 6 rings (SSSR count). The largest absolute Gasteiger partial charge is 0.487 e. The third kappa shape index (κ3) is 3.80. The van der Waals surface area contributed by atoms with Gasteiger partial charge < -0.3 is 9.30 Å². The van der Waals surface area contributed by atoms with Crippen LogP contribution < -0.4 is 10.5 Å². The van der Waals surface area contributed by atoms with E-state index < -0.39 is 5.76 Å². The summed E-state index contributed by atoms with van der Waals surface area (Å²) in [5.41, 5.74) is 7.60. The number of fused-ring (bicyclic) bond motifs is 3. The molecular weight excluding hydrogens is 454 g/mol. The van der Waals surface area contributed by atoms with Crippen molar-refractivity contribution in [3.05, 3.63) is 105 Å². The van der Waals surface area contributed by atoms with E-state index in [1.165, 1.54) is 0 Å². The van der Waals surface area contributed by atoms with Gasteiger partial charge in [-0.2, -0.15) is 0 Å². The number of hydrogen-bond donors (Lipinski definition) is 1. The van der Waals surface area contributed by atoms with E-state index in [2.05, 4.69) is 63.0 Å². The predicted octanol–water partition coefficient (Wildman–Crippen LogP) is 4.98. The van der Waals surface area contributed by atoms with E-state index in [4.69, 9.17) is 14.2 Å². The summed E-state index contributed by atoms with van der Waals surface area (Å²) >= 11 is 0. The van der Waals surface area contributed by atoms with Crippen molar-refractivity contribution in [1.29, 1.82) is 0 Å². The van der Waals surface area contributed by atoms with Crippen LogP contribution in [0.4, 0.5) is 0 Å². The summed E-state index contributed by atoms with van der Waals surface area (Å²) in [5.74, 6) is 1.63. The van der Waals surface area contributed by atoms with Gasteiger partial charge in [0.1, 0.15) is 18.2 Å². The maximum atomic E-state index is 11.6. The molecule has 1 aliphatic heterocycles. The van der Waals surface area contributed by atoms with Crippen molar-refractivity contribution in [3.8, 4) is 5.75 Å². The number of pyridine rings is 1. The van der Waals surface area contributed by atoms with Gasteiger partial charge >= 0.3 is 5.76 Å². The van der Waals surface area contributed by atoms with Crippen LogP contribution in [-0.2, 0) is 19.6 Å². The molecule has 0 amide bonds. The number of aromatic amines is 1. The second-order valence-corrected chi connectivity index (χ2v) is 8.91. The summed E-state index contributed by atoms with van der Waals surface area (Å²) < 4.78 is 13.3. The van der Waals surface area contributed by atoms with E-state index in [9.17, 15) is 4.79 Å². The molecule has 3 aromatic heterocycles. The molecule has 0 bridgehead atoms. The second-order valence-electron chi connectivity index (χ2n) is 8.91. The third-order valence-corrected chi connectivity index (χ3v) is 6.56. The molecule has 0 saturated heterocycles. The van der Waals surface area contributed by atoms with Crippen molar-refractivity contribution in [2.24, 2.45) is 0 Å². The molecule has 8 heteroatoms. The average Bonchev–Trinajstić information content (AvgIpc) is 3.43. The van der Waals surface area contributed by atoms with Crippen LogP contribution in [0.1, 0.15) is 54.3 Å². The van der Waals surface area contributed by atoms with Crippen LogP contribution in [0.25, 0.3) is 22.2 Å². The number of benzene rings is 2. The second kappa shape index (κ2) is 8.96. The molecule has 0 saturated carbocycles. The maximum absolute atomic E-state index is 11.6. The third-order valence-electron chi connectivity index (χ3n) is 6.56. The fraction of sp³-hybridized carbons (Fsp3) is 0.214. The minimum Gasteiger partial charge on any atom is -0.487 e. The summed E-state index contributed by atoms with van der Waals surface area (Å²) in [7, 11) is 0. The monoisotopic (exact) mass is 479 g/mol. The van der Waals surface area contributed by atoms with Gasteiger partial charge in [-0.05, 0) is 43.2 Å². The van der Waals surface area contributed by atoms with Gasteiger partial charge in [0.25, 0.3) is 0 Å². The topological polar surface area (TPSA) is 98.8 Å². The zero-order chi connectivity index (χ0) is 24.6. The van der Waals surface area contributed by atoms with Crippen LogP contribution >= 0.6 is 0 Å². The van der Waals surface area contributed by atoms with Crippen molar-refractivity contribution in [3.63, 3.8) is 0 Å². The van der Waals surface area contributed by atoms with Crippen LogP contribution in [0.5, 0.6) is 5.75 Å². The molecule has 8 nitrogen and oxygen atoms in total. The number of nitrogens with one attached hydrogen (secondary N) is 1. The first-order valence-corrected chi connectivity index (χ1v) is 12.0. The zero-order valence-corrected chi connectivity index (χ0v) is 20.1. The van der Waals surface area contributed by atoms with E-state index in [1.807, 2.05) is 25.1 Å². The summed E-state index contributed by atoms with van der Waals surface area (Å²) in [6.07, 6.45) is 3.70. The first-order chi connectivity index (χ1) is 17.6. The summed E-state index contributed by atoms with van der Waals surface area (Å²) in [4.78, 5) is 23.7. The fourth-order valence-corrected chi connectivity index (χ4v) is 4.88. The number of ether oxygens (including phenoxy) is 1. The van der Waals surface area contributed by atoms with Crippen molar-refractivity contribution in [2.45, 2.75) is 39.8 Å². The molecule has 1 N–H and O–H groups in total. The van der Waals surface area contributed by atoms with Crippen LogP contribution in [0, 0.1) is 0 Å². The highest BCUT2D eigenvalue weighted by molar-refractivity contribution is 5.99. The number of aryl methyl sites for hydroxylation is 1. The Hall–Kier alpha value is -4.46. The normalized spacial score (nSPS) is 14.2. The molecule has 0 radical (unpaired) electrons. The molecule has 5 aromatic rings. The van der Waals surface area contributed by atoms with E-state index in [1.54, 1.807) is 6.20 Å². The molecule has 4 heterocycles. The molecule has 0 unspecified atom stereocenters. The van der Waals surface area contributed by atoms with E-state index >= 15 is 0 Å².